The summed E-state index contributed by atoms with van der Waals surface area (Å²) in [5, 5.41) is 2.92. The molecule has 0 aliphatic rings. The summed E-state index contributed by atoms with van der Waals surface area (Å²) in [6.07, 6.45) is 3.78. The molecule has 0 spiro atoms. The number of nitrogens with one attached hydrogen (secondary N) is 1. The minimum Gasteiger partial charge on any atom is -0.461 e. The topological polar surface area (TPSA) is 38.3 Å². The molecule has 15 heavy (non-hydrogen) atoms. The summed E-state index contributed by atoms with van der Waals surface area (Å²) >= 11 is 0. The van der Waals surface area contributed by atoms with Crippen molar-refractivity contribution in [2.75, 3.05) is 7.05 Å². The van der Waals surface area contributed by atoms with E-state index in [0.29, 0.717) is 6.61 Å². The van der Waals surface area contributed by atoms with E-state index in [4.69, 9.17) is 4.74 Å². The van der Waals surface area contributed by atoms with E-state index in [2.05, 4.69) is 5.32 Å². The van der Waals surface area contributed by atoms with Crippen LogP contribution >= 0.6 is 0 Å². The predicted molar refractivity (Wildman–Crippen MR) is 60.0 cm³/mol. The van der Waals surface area contributed by atoms with E-state index in [1.54, 1.807) is 0 Å². The molecule has 0 amide bonds. The molecular formula is C12H15NO2. The van der Waals surface area contributed by atoms with Crippen molar-refractivity contribution in [1.82, 2.24) is 5.32 Å². The van der Waals surface area contributed by atoms with Gasteiger partial charge in [0, 0.05) is 14.0 Å². The molecular weight excluding hydrogens is 190 g/mol. The Bertz CT molecular complexity index is 358. The zero-order valence-corrected chi connectivity index (χ0v) is 8.99. The maximum absolute atomic E-state index is 10.7. The number of hydrogen-bond donors (Lipinski definition) is 1. The molecule has 1 aromatic carbocycles. The van der Waals surface area contributed by atoms with Gasteiger partial charge in [-0.15, -0.1) is 0 Å². The largest absolute Gasteiger partial charge is 0.461 e. The van der Waals surface area contributed by atoms with Crippen molar-refractivity contribution >= 4 is 12.0 Å². The molecule has 0 aromatic heterocycles. The number of hydrogen-bond acceptors (Lipinski definition) is 3. The zero-order valence-electron chi connectivity index (χ0n) is 8.99. The van der Waals surface area contributed by atoms with Gasteiger partial charge in [-0.25, -0.2) is 0 Å². The molecule has 0 radical (unpaired) electrons. The highest BCUT2D eigenvalue weighted by molar-refractivity contribution is 5.66. The average molecular weight is 205 g/mol. The molecule has 0 aliphatic heterocycles. The minimum atomic E-state index is -0.262. The molecule has 0 atom stereocenters. The fraction of sp³-hybridized carbons (Fsp3) is 0.250. The van der Waals surface area contributed by atoms with Crippen molar-refractivity contribution in [3.8, 4) is 0 Å². The average Bonchev–Trinajstić information content (AvgIpc) is 2.24. The Hall–Kier alpha value is -1.77. The maximum Gasteiger partial charge on any atom is 0.302 e. The van der Waals surface area contributed by atoms with Crippen molar-refractivity contribution in [2.45, 2.75) is 13.5 Å². The van der Waals surface area contributed by atoms with E-state index in [1.807, 2.05) is 43.6 Å². The second-order valence-electron chi connectivity index (χ2n) is 3.10. The number of carbonyl (C=O) groups excluding carboxylic acids is 1. The monoisotopic (exact) mass is 205 g/mol. The fourth-order valence-corrected chi connectivity index (χ4v) is 1.18. The van der Waals surface area contributed by atoms with Gasteiger partial charge in [-0.05, 0) is 23.4 Å². The van der Waals surface area contributed by atoms with Crippen LogP contribution in [0, 0.1) is 0 Å². The lowest BCUT2D eigenvalue weighted by Gasteiger charge is -2.05. The third kappa shape index (κ3) is 3.85. The van der Waals surface area contributed by atoms with Crippen LogP contribution in [0.3, 0.4) is 0 Å². The van der Waals surface area contributed by atoms with Crippen molar-refractivity contribution in [2.24, 2.45) is 0 Å². The van der Waals surface area contributed by atoms with Gasteiger partial charge >= 0.3 is 5.97 Å². The van der Waals surface area contributed by atoms with Gasteiger partial charge in [-0.1, -0.05) is 24.3 Å². The minimum absolute atomic E-state index is 0.262. The van der Waals surface area contributed by atoms with Crippen LogP contribution in [-0.2, 0) is 16.1 Å². The Morgan fingerprint density at radius 3 is 2.87 bits per heavy atom. The number of carbonyl (C=O) groups is 1. The molecule has 0 saturated carbocycles. The van der Waals surface area contributed by atoms with Crippen LogP contribution in [0.15, 0.2) is 30.5 Å². The second-order valence-corrected chi connectivity index (χ2v) is 3.10. The SMILES string of the molecule is CN/C=C/c1ccccc1COC(C)=O. The van der Waals surface area contributed by atoms with Gasteiger partial charge in [-0.3, -0.25) is 4.79 Å². The molecule has 3 nitrogen and oxygen atoms in total. The second kappa shape index (κ2) is 5.86. The Morgan fingerprint density at radius 2 is 2.20 bits per heavy atom. The van der Waals surface area contributed by atoms with Crippen LogP contribution in [0.5, 0.6) is 0 Å². The van der Waals surface area contributed by atoms with E-state index in [0.717, 1.165) is 11.1 Å². The Labute approximate surface area is 89.8 Å². The molecule has 1 N–H and O–H groups in total. The lowest BCUT2D eigenvalue weighted by Crippen LogP contribution is -2.00. The van der Waals surface area contributed by atoms with Gasteiger partial charge in [0.05, 0.1) is 0 Å². The molecule has 0 fully saturated rings. The maximum atomic E-state index is 10.7. The first kappa shape index (κ1) is 11.3. The Morgan fingerprint density at radius 1 is 1.47 bits per heavy atom. The van der Waals surface area contributed by atoms with Crippen molar-refractivity contribution in [1.29, 1.82) is 0 Å². The van der Waals surface area contributed by atoms with Gasteiger partial charge in [0.1, 0.15) is 6.61 Å². The summed E-state index contributed by atoms with van der Waals surface area (Å²) in [5.74, 6) is -0.262. The van der Waals surface area contributed by atoms with Crippen molar-refractivity contribution in [3.05, 3.63) is 41.6 Å². The summed E-state index contributed by atoms with van der Waals surface area (Å²) in [6.45, 7) is 1.73. The summed E-state index contributed by atoms with van der Waals surface area (Å²) in [4.78, 5) is 10.7. The molecule has 80 valence electrons. The Balaban J connectivity index is 2.76. The van der Waals surface area contributed by atoms with Crippen LogP contribution in [-0.4, -0.2) is 13.0 Å². The molecule has 0 heterocycles. The van der Waals surface area contributed by atoms with Gasteiger partial charge in [-0.2, -0.15) is 0 Å². The molecule has 0 unspecified atom stereocenters. The smallest absolute Gasteiger partial charge is 0.302 e. The first-order valence-electron chi connectivity index (χ1n) is 4.79. The van der Waals surface area contributed by atoms with Crippen LogP contribution in [0.4, 0.5) is 0 Å². The lowest BCUT2D eigenvalue weighted by molar-refractivity contribution is -0.142. The highest BCUT2D eigenvalue weighted by Gasteiger charge is 2.00. The Kier molecular flexibility index (Phi) is 4.41. The molecule has 0 aliphatic carbocycles. The van der Waals surface area contributed by atoms with Gasteiger partial charge < -0.3 is 10.1 Å². The number of esters is 1. The van der Waals surface area contributed by atoms with E-state index < -0.39 is 0 Å². The molecule has 1 aromatic rings. The van der Waals surface area contributed by atoms with Crippen molar-refractivity contribution in [3.63, 3.8) is 0 Å². The summed E-state index contributed by atoms with van der Waals surface area (Å²) < 4.78 is 4.96. The summed E-state index contributed by atoms with van der Waals surface area (Å²) in [7, 11) is 1.84. The van der Waals surface area contributed by atoms with Crippen LogP contribution in [0.2, 0.25) is 0 Å². The van der Waals surface area contributed by atoms with Crippen LogP contribution < -0.4 is 5.32 Å². The lowest BCUT2D eigenvalue weighted by atomic mass is 10.1. The number of rotatable bonds is 4. The standard InChI is InChI=1S/C12H15NO2/c1-10(14)15-9-12-6-4-3-5-11(12)7-8-13-2/h3-8,13H,9H2,1-2H3/b8-7+. The summed E-state index contributed by atoms with van der Waals surface area (Å²) in [6, 6.07) is 7.80. The third-order valence-corrected chi connectivity index (χ3v) is 1.92. The molecule has 0 bridgehead atoms. The summed E-state index contributed by atoms with van der Waals surface area (Å²) in [5.41, 5.74) is 2.05. The van der Waals surface area contributed by atoms with Crippen molar-refractivity contribution < 1.29 is 9.53 Å². The fourth-order valence-electron chi connectivity index (χ4n) is 1.18. The number of ether oxygens (including phenoxy) is 1. The number of benzene rings is 1. The van der Waals surface area contributed by atoms with E-state index in [-0.39, 0.29) is 5.97 Å². The highest BCUT2D eigenvalue weighted by atomic mass is 16.5. The van der Waals surface area contributed by atoms with Crippen LogP contribution in [0.25, 0.3) is 6.08 Å². The molecule has 0 saturated heterocycles. The van der Waals surface area contributed by atoms with E-state index >= 15 is 0 Å². The quantitative estimate of drug-likeness (QED) is 0.763. The van der Waals surface area contributed by atoms with Gasteiger partial charge in [0.25, 0.3) is 0 Å². The van der Waals surface area contributed by atoms with E-state index in [9.17, 15) is 4.79 Å². The van der Waals surface area contributed by atoms with Gasteiger partial charge in [0.15, 0.2) is 0 Å². The zero-order chi connectivity index (χ0) is 11.1. The molecule has 1 rings (SSSR count). The first-order valence-corrected chi connectivity index (χ1v) is 4.79. The first-order chi connectivity index (χ1) is 7.24. The third-order valence-electron chi connectivity index (χ3n) is 1.92. The van der Waals surface area contributed by atoms with E-state index in [1.165, 1.54) is 6.92 Å². The predicted octanol–water partition coefficient (Wildman–Crippen LogP) is 1.94. The van der Waals surface area contributed by atoms with Crippen LogP contribution in [0.1, 0.15) is 18.1 Å². The van der Waals surface area contributed by atoms with Gasteiger partial charge in [0.2, 0.25) is 0 Å². The highest BCUT2D eigenvalue weighted by Crippen LogP contribution is 2.11. The normalized spacial score (nSPS) is 10.3. The molecule has 3 heteroatoms.